The number of allylic oxidation sites excluding steroid dienone is 1. The van der Waals surface area contributed by atoms with Gasteiger partial charge in [-0.25, -0.2) is 17.6 Å². The number of nitrogens with zero attached hydrogens (tertiary/aromatic N) is 3. The molecule has 5 aliphatic rings. The Morgan fingerprint density at radius 1 is 1.08 bits per heavy atom. The smallest absolute Gasteiger partial charge is 0.410 e. The summed E-state index contributed by atoms with van der Waals surface area (Å²) in [5.74, 6) is -2.77. The van der Waals surface area contributed by atoms with Crippen LogP contribution in [-0.4, -0.2) is 77.1 Å². The number of carbonyl (C=O) groups is 4. The lowest BCUT2D eigenvalue weighted by Crippen LogP contribution is -2.58. The number of nitrogens with one attached hydrogen (secondary N) is 3. The second-order valence-electron chi connectivity index (χ2n) is 15.1. The molecule has 15 heteroatoms. The third kappa shape index (κ3) is 7.33. The van der Waals surface area contributed by atoms with Crippen molar-refractivity contribution in [2.75, 3.05) is 11.9 Å². The van der Waals surface area contributed by atoms with E-state index in [4.69, 9.17) is 4.74 Å². The molecule has 0 radical (unpaired) electrons. The maximum Gasteiger partial charge on any atom is 0.410 e. The van der Waals surface area contributed by atoms with E-state index in [1.807, 2.05) is 12.2 Å². The topological polar surface area (TPSA) is 178 Å². The predicted molar refractivity (Wildman–Crippen MR) is 191 cm³/mol. The first-order chi connectivity index (χ1) is 25.3. The number of ether oxygens (including phenoxy) is 1. The van der Waals surface area contributed by atoms with Crippen molar-refractivity contribution in [3.63, 3.8) is 0 Å². The van der Waals surface area contributed by atoms with Crippen molar-refractivity contribution >= 4 is 39.5 Å². The Morgan fingerprint density at radius 2 is 1.85 bits per heavy atom. The Kier molecular flexibility index (Phi) is 9.69. The lowest BCUT2D eigenvalue weighted by Gasteiger charge is -2.30. The molecular formula is C38H43FN6O7S. The van der Waals surface area contributed by atoms with Crippen LogP contribution in [0.25, 0.3) is 0 Å². The zero-order valence-corrected chi connectivity index (χ0v) is 30.3. The van der Waals surface area contributed by atoms with Crippen LogP contribution < -0.4 is 15.4 Å². The van der Waals surface area contributed by atoms with Crippen molar-refractivity contribution in [2.24, 2.45) is 5.92 Å². The fourth-order valence-electron chi connectivity index (χ4n) is 7.52. The quantitative estimate of drug-likeness (QED) is 0.369. The van der Waals surface area contributed by atoms with Gasteiger partial charge in [-0.3, -0.25) is 24.0 Å². The van der Waals surface area contributed by atoms with Crippen LogP contribution in [0.15, 0.2) is 54.6 Å². The summed E-state index contributed by atoms with van der Waals surface area (Å²) in [5, 5.41) is 15.4. The fraction of sp³-hybridized carbons (Fsp3) is 0.500. The van der Waals surface area contributed by atoms with Gasteiger partial charge in [0.1, 0.15) is 29.5 Å². The molecule has 53 heavy (non-hydrogen) atoms. The van der Waals surface area contributed by atoms with Gasteiger partial charge in [0.15, 0.2) is 0 Å². The van der Waals surface area contributed by atoms with Crippen molar-refractivity contribution in [1.29, 1.82) is 5.26 Å². The first-order valence-electron chi connectivity index (χ1n) is 18.2. The molecule has 2 aliphatic carbocycles. The van der Waals surface area contributed by atoms with Gasteiger partial charge in [-0.15, -0.1) is 0 Å². The molecule has 280 valence electrons. The summed E-state index contributed by atoms with van der Waals surface area (Å²) in [6.45, 7) is 1.63. The Hall–Kier alpha value is -4.97. The minimum Gasteiger partial charge on any atom is -0.444 e. The molecule has 2 aromatic carbocycles. The summed E-state index contributed by atoms with van der Waals surface area (Å²) in [4.78, 5) is 58.7. The number of rotatable bonds is 6. The first-order valence-corrected chi connectivity index (χ1v) is 19.7. The highest BCUT2D eigenvalue weighted by Gasteiger charge is 2.63. The molecule has 0 bridgehead atoms. The minimum atomic E-state index is -4.00. The van der Waals surface area contributed by atoms with E-state index in [1.165, 1.54) is 15.9 Å². The van der Waals surface area contributed by atoms with Crippen molar-refractivity contribution in [1.82, 2.24) is 19.8 Å². The molecule has 0 spiro atoms. The molecular weight excluding hydrogens is 704 g/mol. The maximum atomic E-state index is 14.5. The first kappa shape index (κ1) is 36.4. The second kappa shape index (κ2) is 14.1. The predicted octanol–water partition coefficient (Wildman–Crippen LogP) is 3.99. The lowest BCUT2D eigenvalue weighted by atomic mass is 10.0. The Bertz CT molecular complexity index is 2000. The molecule has 0 aromatic heterocycles. The minimum absolute atomic E-state index is 0.0190. The van der Waals surface area contributed by atoms with Crippen LogP contribution in [0.2, 0.25) is 0 Å². The van der Waals surface area contributed by atoms with Crippen LogP contribution in [-0.2, 0) is 42.2 Å². The van der Waals surface area contributed by atoms with E-state index in [0.717, 1.165) is 12.8 Å². The number of sulfonamides is 1. The molecule has 7 rings (SSSR count). The summed E-state index contributed by atoms with van der Waals surface area (Å²) < 4.78 is 47.7. The van der Waals surface area contributed by atoms with Crippen LogP contribution in [0, 0.1) is 23.1 Å². The summed E-state index contributed by atoms with van der Waals surface area (Å²) in [6.07, 6.45) is 6.57. The third-order valence-corrected chi connectivity index (χ3v) is 13.4. The number of hydrogen-bond donors (Lipinski definition) is 3. The number of nitriles is 1. The van der Waals surface area contributed by atoms with Gasteiger partial charge >= 0.3 is 6.09 Å². The normalized spacial score (nSPS) is 27.9. The summed E-state index contributed by atoms with van der Waals surface area (Å²) in [5.41, 5.74) is 0.596. The maximum absolute atomic E-state index is 14.5. The van der Waals surface area contributed by atoms with E-state index in [0.29, 0.717) is 54.5 Å². The van der Waals surface area contributed by atoms with Crippen molar-refractivity contribution in [2.45, 2.75) is 106 Å². The van der Waals surface area contributed by atoms with Crippen molar-refractivity contribution < 1.29 is 36.7 Å². The van der Waals surface area contributed by atoms with E-state index in [-0.39, 0.29) is 32.5 Å². The lowest BCUT2D eigenvalue weighted by molar-refractivity contribution is -0.140. The highest BCUT2D eigenvalue weighted by Crippen LogP contribution is 2.47. The Morgan fingerprint density at radius 3 is 2.57 bits per heavy atom. The van der Waals surface area contributed by atoms with Crippen LogP contribution in [0.4, 0.5) is 14.9 Å². The van der Waals surface area contributed by atoms with E-state index >= 15 is 0 Å². The van der Waals surface area contributed by atoms with E-state index in [1.54, 1.807) is 43.3 Å². The zero-order valence-electron chi connectivity index (χ0n) is 29.5. The highest BCUT2D eigenvalue weighted by atomic mass is 32.2. The SMILES string of the molecule is CC1(S(=O)(=O)NC(=O)[C@@]23C[C@H]2C=CCCCCC[C@H](Nc2ccc(C#N)cc2)C(=O)N2C[C@H](OC(=O)N4Cc5cccc(F)c5C4)C[C@H]2C(=O)N3)CC1. The standard InChI is InChI=1S/C38H43FN6O7S/c1-37(16-17-37)53(50,51)43-35(48)38-19-26(38)9-5-3-2-4-6-11-31(41-27-14-12-24(20-40)13-15-27)34(47)45-22-28(18-32(45)33(46)42-38)52-36(49)44-21-25-8-7-10-30(39)29(25)23-44/h5,7-10,12-15,26,28,31-32,41H,2-4,6,11,16-19,21-23H2,1H3,(H,42,46)(H,43,48)/t26-,28-,31+,32+,38-/m1/s1. The van der Waals surface area contributed by atoms with Crippen molar-refractivity contribution in [3.05, 3.63) is 77.1 Å². The molecule has 3 N–H and O–H groups in total. The zero-order chi connectivity index (χ0) is 37.5. The van der Waals surface area contributed by atoms with Crippen LogP contribution in [0.3, 0.4) is 0 Å². The highest BCUT2D eigenvalue weighted by molar-refractivity contribution is 7.91. The summed E-state index contributed by atoms with van der Waals surface area (Å²) in [7, 11) is -4.00. The molecule has 3 aliphatic heterocycles. The number of anilines is 1. The average molecular weight is 747 g/mol. The van der Waals surface area contributed by atoms with Gasteiger partial charge in [0.25, 0.3) is 5.91 Å². The number of amides is 4. The number of benzene rings is 2. The molecule has 0 unspecified atom stereocenters. The number of fused-ring (bicyclic) bond motifs is 3. The van der Waals surface area contributed by atoms with E-state index in [9.17, 15) is 37.2 Å². The molecule has 2 aromatic rings. The monoisotopic (exact) mass is 746 g/mol. The van der Waals surface area contributed by atoms with E-state index in [2.05, 4.69) is 21.4 Å². The van der Waals surface area contributed by atoms with Gasteiger partial charge in [-0.1, -0.05) is 37.1 Å². The molecule has 1 saturated heterocycles. The molecule has 2 saturated carbocycles. The molecule has 4 amide bonds. The van der Waals surface area contributed by atoms with Crippen LogP contribution in [0.1, 0.15) is 81.4 Å². The summed E-state index contributed by atoms with van der Waals surface area (Å²) >= 11 is 0. The number of hydrogen-bond acceptors (Lipinski definition) is 9. The van der Waals surface area contributed by atoms with Crippen LogP contribution >= 0.6 is 0 Å². The van der Waals surface area contributed by atoms with Gasteiger partial charge in [0.05, 0.1) is 29.5 Å². The largest absolute Gasteiger partial charge is 0.444 e. The van der Waals surface area contributed by atoms with Gasteiger partial charge < -0.3 is 20.3 Å². The molecule has 3 heterocycles. The fourth-order valence-corrected chi connectivity index (χ4v) is 8.83. The van der Waals surface area contributed by atoms with Gasteiger partial charge in [0.2, 0.25) is 21.8 Å². The van der Waals surface area contributed by atoms with Gasteiger partial charge in [-0.2, -0.15) is 5.26 Å². The third-order valence-electron chi connectivity index (χ3n) is 11.3. The van der Waals surface area contributed by atoms with E-state index < -0.39 is 74.0 Å². The average Bonchev–Trinajstić information content (AvgIpc) is 3.92. The second-order valence-corrected chi connectivity index (χ2v) is 17.3. The molecule has 13 nitrogen and oxygen atoms in total. The van der Waals surface area contributed by atoms with Gasteiger partial charge in [0, 0.05) is 30.1 Å². The van der Waals surface area contributed by atoms with Gasteiger partial charge in [-0.05, 0) is 81.3 Å². The Balaban J connectivity index is 1.15. The number of halogens is 1. The van der Waals surface area contributed by atoms with Crippen molar-refractivity contribution in [3.8, 4) is 6.07 Å². The summed E-state index contributed by atoms with van der Waals surface area (Å²) in [6, 6.07) is 11.5. The van der Waals surface area contributed by atoms with Crippen LogP contribution in [0.5, 0.6) is 0 Å². The molecule has 3 fully saturated rings. The molecule has 5 atom stereocenters. The Labute approximate surface area is 308 Å². The number of carbonyl (C=O) groups excluding carboxylic acids is 4.